The smallest absolute Gasteiger partial charge is 0.252 e. The number of carbonyl (C=O) groups is 1. The molecule has 0 fully saturated rings. The van der Waals surface area contributed by atoms with Gasteiger partial charge in [0, 0.05) is 19.3 Å². The van der Waals surface area contributed by atoms with Gasteiger partial charge in [-0.3, -0.25) is 4.79 Å². The van der Waals surface area contributed by atoms with Gasteiger partial charge < -0.3 is 16.0 Å². The van der Waals surface area contributed by atoms with E-state index in [1.54, 1.807) is 12.1 Å². The zero-order chi connectivity index (χ0) is 12.8. The monoisotopic (exact) mass is 236 g/mol. The summed E-state index contributed by atoms with van der Waals surface area (Å²) in [6, 6.07) is 3.53. The number of primary amides is 1. The fourth-order valence-electron chi connectivity index (χ4n) is 1.63. The van der Waals surface area contributed by atoms with E-state index in [1.165, 1.54) is 0 Å². The van der Waals surface area contributed by atoms with Gasteiger partial charge >= 0.3 is 0 Å². The van der Waals surface area contributed by atoms with Crippen LogP contribution in [0.2, 0.25) is 0 Å². The molecule has 5 heteroatoms. The summed E-state index contributed by atoms with van der Waals surface area (Å²) in [7, 11) is 3.84. The Labute approximate surface area is 102 Å². The second-order valence-corrected chi connectivity index (χ2v) is 4.07. The summed E-state index contributed by atoms with van der Waals surface area (Å²) in [5, 5.41) is 3.08. The number of anilines is 1. The van der Waals surface area contributed by atoms with Gasteiger partial charge in [0.1, 0.15) is 5.82 Å². The van der Waals surface area contributed by atoms with Crippen molar-refractivity contribution in [1.29, 1.82) is 0 Å². The maximum atomic E-state index is 11.3. The molecule has 0 aliphatic carbocycles. The normalized spacial score (nSPS) is 10.3. The number of hydrogen-bond acceptors (Lipinski definition) is 4. The van der Waals surface area contributed by atoms with E-state index in [0.29, 0.717) is 11.4 Å². The SMILES string of the molecule is CNCCCN(C)c1nc(C)ccc1C(N)=O. The fourth-order valence-corrected chi connectivity index (χ4v) is 1.63. The highest BCUT2D eigenvalue weighted by molar-refractivity contribution is 5.97. The highest BCUT2D eigenvalue weighted by Gasteiger charge is 2.13. The van der Waals surface area contributed by atoms with Crippen LogP contribution in [0.3, 0.4) is 0 Å². The molecular formula is C12H20N4O. The molecule has 1 heterocycles. The lowest BCUT2D eigenvalue weighted by molar-refractivity contribution is 0.100. The zero-order valence-corrected chi connectivity index (χ0v) is 10.7. The van der Waals surface area contributed by atoms with Crippen LogP contribution < -0.4 is 16.0 Å². The molecule has 1 amide bonds. The van der Waals surface area contributed by atoms with E-state index in [1.807, 2.05) is 25.9 Å². The number of amides is 1. The van der Waals surface area contributed by atoms with Crippen molar-refractivity contribution in [3.63, 3.8) is 0 Å². The predicted octanol–water partition coefficient (Wildman–Crippen LogP) is 0.535. The molecule has 0 aliphatic rings. The minimum Gasteiger partial charge on any atom is -0.365 e. The molecule has 5 nitrogen and oxygen atoms in total. The number of aromatic nitrogens is 1. The van der Waals surface area contributed by atoms with Crippen molar-refractivity contribution in [2.75, 3.05) is 32.1 Å². The maximum Gasteiger partial charge on any atom is 0.252 e. The number of nitrogens with one attached hydrogen (secondary N) is 1. The average Bonchev–Trinajstić information content (AvgIpc) is 2.28. The van der Waals surface area contributed by atoms with E-state index >= 15 is 0 Å². The lowest BCUT2D eigenvalue weighted by Crippen LogP contribution is -2.26. The Morgan fingerprint density at radius 2 is 2.24 bits per heavy atom. The van der Waals surface area contributed by atoms with Crippen molar-refractivity contribution in [1.82, 2.24) is 10.3 Å². The molecule has 0 bridgehead atoms. The van der Waals surface area contributed by atoms with Crippen molar-refractivity contribution in [3.05, 3.63) is 23.4 Å². The molecule has 0 aliphatic heterocycles. The standard InChI is InChI=1S/C12H20N4O/c1-9-5-6-10(11(13)17)12(15-9)16(3)8-4-7-14-2/h5-6,14H,4,7-8H2,1-3H3,(H2,13,17). The van der Waals surface area contributed by atoms with Gasteiger partial charge in [0.05, 0.1) is 5.56 Å². The topological polar surface area (TPSA) is 71.2 Å². The Morgan fingerprint density at radius 3 is 2.82 bits per heavy atom. The third-order valence-corrected chi connectivity index (χ3v) is 2.56. The summed E-state index contributed by atoms with van der Waals surface area (Å²) in [6.07, 6.45) is 0.987. The van der Waals surface area contributed by atoms with Crippen LogP contribution in [0.15, 0.2) is 12.1 Å². The Hall–Kier alpha value is -1.62. The van der Waals surface area contributed by atoms with Gasteiger partial charge in [0.25, 0.3) is 5.91 Å². The van der Waals surface area contributed by atoms with Crippen LogP contribution in [0, 0.1) is 6.92 Å². The van der Waals surface area contributed by atoms with E-state index in [-0.39, 0.29) is 0 Å². The second kappa shape index (κ2) is 6.20. The third-order valence-electron chi connectivity index (χ3n) is 2.56. The number of rotatable bonds is 6. The van der Waals surface area contributed by atoms with Gasteiger partial charge in [-0.05, 0) is 39.1 Å². The number of nitrogens with zero attached hydrogens (tertiary/aromatic N) is 2. The van der Waals surface area contributed by atoms with Crippen LogP contribution >= 0.6 is 0 Å². The van der Waals surface area contributed by atoms with Crippen molar-refractivity contribution in [2.24, 2.45) is 5.73 Å². The van der Waals surface area contributed by atoms with Crippen LogP contribution in [-0.2, 0) is 0 Å². The van der Waals surface area contributed by atoms with Gasteiger partial charge in [0.15, 0.2) is 0 Å². The highest BCUT2D eigenvalue weighted by atomic mass is 16.1. The first-order chi connectivity index (χ1) is 8.06. The average molecular weight is 236 g/mol. The van der Waals surface area contributed by atoms with Crippen molar-refractivity contribution >= 4 is 11.7 Å². The largest absolute Gasteiger partial charge is 0.365 e. The first kappa shape index (κ1) is 13.4. The van der Waals surface area contributed by atoms with Gasteiger partial charge in [-0.15, -0.1) is 0 Å². The van der Waals surface area contributed by atoms with Crippen molar-refractivity contribution in [2.45, 2.75) is 13.3 Å². The Bertz CT molecular complexity index is 392. The van der Waals surface area contributed by atoms with E-state index in [2.05, 4.69) is 10.3 Å². The summed E-state index contributed by atoms with van der Waals surface area (Å²) < 4.78 is 0. The van der Waals surface area contributed by atoms with Crippen LogP contribution in [0.5, 0.6) is 0 Å². The van der Waals surface area contributed by atoms with Crippen molar-refractivity contribution < 1.29 is 4.79 Å². The van der Waals surface area contributed by atoms with Gasteiger partial charge in [-0.25, -0.2) is 4.98 Å². The van der Waals surface area contributed by atoms with E-state index in [0.717, 1.165) is 25.2 Å². The number of aryl methyl sites for hydroxylation is 1. The number of carbonyl (C=O) groups excluding carboxylic acids is 1. The molecule has 1 aromatic rings. The summed E-state index contributed by atoms with van der Waals surface area (Å²) in [4.78, 5) is 17.7. The Kier molecular flexibility index (Phi) is 4.90. The van der Waals surface area contributed by atoms with Gasteiger partial charge in [-0.2, -0.15) is 0 Å². The quantitative estimate of drug-likeness (QED) is 0.707. The summed E-state index contributed by atoms with van der Waals surface area (Å²) in [5.41, 5.74) is 6.69. The summed E-state index contributed by atoms with van der Waals surface area (Å²) >= 11 is 0. The molecule has 17 heavy (non-hydrogen) atoms. The zero-order valence-electron chi connectivity index (χ0n) is 10.7. The number of nitrogens with two attached hydrogens (primary N) is 1. The second-order valence-electron chi connectivity index (χ2n) is 4.07. The van der Waals surface area contributed by atoms with Crippen LogP contribution in [0.1, 0.15) is 22.5 Å². The van der Waals surface area contributed by atoms with Crippen LogP contribution in [-0.4, -0.2) is 38.1 Å². The molecular weight excluding hydrogens is 216 g/mol. The lowest BCUT2D eigenvalue weighted by atomic mass is 10.2. The molecule has 0 unspecified atom stereocenters. The molecule has 3 N–H and O–H groups in total. The van der Waals surface area contributed by atoms with Crippen LogP contribution in [0.4, 0.5) is 5.82 Å². The summed E-state index contributed by atoms with van der Waals surface area (Å²) in [6.45, 7) is 3.66. The van der Waals surface area contributed by atoms with Gasteiger partial charge in [-0.1, -0.05) is 0 Å². The minimum absolute atomic E-state index is 0.437. The maximum absolute atomic E-state index is 11.3. The third kappa shape index (κ3) is 3.71. The molecule has 94 valence electrons. The van der Waals surface area contributed by atoms with E-state index in [9.17, 15) is 4.79 Å². The fraction of sp³-hybridized carbons (Fsp3) is 0.500. The first-order valence-corrected chi connectivity index (χ1v) is 5.69. The van der Waals surface area contributed by atoms with Crippen molar-refractivity contribution in [3.8, 4) is 0 Å². The summed E-state index contributed by atoms with van der Waals surface area (Å²) in [5.74, 6) is 0.224. The first-order valence-electron chi connectivity index (χ1n) is 5.69. The van der Waals surface area contributed by atoms with E-state index in [4.69, 9.17) is 5.73 Å². The predicted molar refractivity (Wildman–Crippen MR) is 69.3 cm³/mol. The molecule has 0 radical (unpaired) electrons. The Balaban J connectivity index is 2.86. The minimum atomic E-state index is -0.437. The molecule has 0 saturated heterocycles. The van der Waals surface area contributed by atoms with E-state index < -0.39 is 5.91 Å². The number of hydrogen-bond donors (Lipinski definition) is 2. The Morgan fingerprint density at radius 1 is 1.53 bits per heavy atom. The molecule has 1 rings (SSSR count). The lowest BCUT2D eigenvalue weighted by Gasteiger charge is -2.20. The molecule has 0 spiro atoms. The molecule has 0 aromatic carbocycles. The number of pyridine rings is 1. The highest BCUT2D eigenvalue weighted by Crippen LogP contribution is 2.16. The molecule has 0 saturated carbocycles. The van der Waals surface area contributed by atoms with Gasteiger partial charge in [0.2, 0.25) is 0 Å². The van der Waals surface area contributed by atoms with Crippen LogP contribution in [0.25, 0.3) is 0 Å². The molecule has 1 aromatic heterocycles. The molecule has 0 atom stereocenters.